The third-order valence-electron chi connectivity index (χ3n) is 7.45. The standard InChI is InChI=1S/C29H24NO2.C13H12N.Ir/c1-17-16-30-24(12-18(17)15-29(2,3)4)21-10-7-9-20-23-14-26-22(13-27(23)32-28(20)21)19-8-5-6-11-25(19)31-26;1-10-3-6-12(7-4-10)13-8-5-11(2)9-14-13;/h5-9,11-14,16H,15H2,1-4H3;3-6,8-9H,1-2H3;/q2*-1;/i1D3,15D2;1D3,2D3;. The van der Waals surface area contributed by atoms with E-state index in [-0.39, 0.29) is 42.4 Å². The summed E-state index contributed by atoms with van der Waals surface area (Å²) < 4.78 is 97.6. The Morgan fingerprint density at radius 2 is 1.49 bits per heavy atom. The first-order valence-corrected chi connectivity index (χ1v) is 14.7. The van der Waals surface area contributed by atoms with Crippen LogP contribution in [0.15, 0.2) is 106 Å². The van der Waals surface area contributed by atoms with Gasteiger partial charge < -0.3 is 18.8 Å². The van der Waals surface area contributed by atoms with E-state index in [1.165, 1.54) is 36.7 Å². The van der Waals surface area contributed by atoms with Crippen molar-refractivity contribution in [3.05, 3.63) is 132 Å². The molecule has 0 saturated heterocycles. The number of rotatable bonds is 3. The fraction of sp³-hybridized carbons (Fsp3) is 0.190. The zero-order chi connectivity index (χ0) is 41.3. The van der Waals surface area contributed by atoms with Gasteiger partial charge in [0.05, 0.1) is 5.58 Å². The Hall–Kier alpha value is -4.57. The monoisotopic (exact) mass is 804 g/mol. The van der Waals surface area contributed by atoms with E-state index in [0.717, 1.165) is 32.7 Å². The summed E-state index contributed by atoms with van der Waals surface area (Å²) in [6.45, 7) is -1.59. The molecule has 5 heteroatoms. The molecule has 4 heterocycles. The fourth-order valence-electron chi connectivity index (χ4n) is 5.39. The maximum Gasteiger partial charge on any atom is 0.136 e. The van der Waals surface area contributed by atoms with Crippen molar-refractivity contribution in [2.24, 2.45) is 5.41 Å². The van der Waals surface area contributed by atoms with Crippen LogP contribution in [0.1, 0.15) is 58.1 Å². The molecule has 237 valence electrons. The van der Waals surface area contributed by atoms with Crippen LogP contribution in [0.3, 0.4) is 0 Å². The number of para-hydroxylation sites is 1. The second-order valence-electron chi connectivity index (χ2n) is 12.1. The molecule has 8 aromatic rings. The van der Waals surface area contributed by atoms with Crippen molar-refractivity contribution in [1.29, 1.82) is 0 Å². The number of aryl methyl sites for hydroxylation is 3. The molecule has 0 unspecified atom stereocenters. The van der Waals surface area contributed by atoms with Gasteiger partial charge in [0.25, 0.3) is 0 Å². The molecule has 0 spiro atoms. The van der Waals surface area contributed by atoms with Gasteiger partial charge in [-0.1, -0.05) is 80.5 Å². The van der Waals surface area contributed by atoms with Gasteiger partial charge in [0.2, 0.25) is 0 Å². The minimum absolute atomic E-state index is 0. The first kappa shape index (κ1) is 21.3. The van der Waals surface area contributed by atoms with Gasteiger partial charge >= 0.3 is 0 Å². The number of aromatic nitrogens is 2. The topological polar surface area (TPSA) is 52.1 Å². The molecule has 8 rings (SSSR count). The zero-order valence-corrected chi connectivity index (χ0v) is 28.2. The van der Waals surface area contributed by atoms with Crippen molar-refractivity contribution >= 4 is 43.9 Å². The van der Waals surface area contributed by atoms with Crippen LogP contribution in [-0.4, -0.2) is 9.97 Å². The summed E-state index contributed by atoms with van der Waals surface area (Å²) in [7, 11) is 0. The Morgan fingerprint density at radius 1 is 0.723 bits per heavy atom. The molecular formula is C42H36IrN2O2-2. The molecule has 0 aliphatic rings. The van der Waals surface area contributed by atoms with Crippen LogP contribution in [-0.2, 0) is 26.5 Å². The van der Waals surface area contributed by atoms with Crippen molar-refractivity contribution in [3.8, 4) is 22.5 Å². The molecule has 0 amide bonds. The van der Waals surface area contributed by atoms with Crippen LogP contribution < -0.4 is 0 Å². The first-order chi connectivity index (χ1) is 26.5. The molecule has 0 fully saturated rings. The summed E-state index contributed by atoms with van der Waals surface area (Å²) in [5.74, 6) is 0. The minimum Gasteiger partial charge on any atom is -0.501 e. The fourth-order valence-corrected chi connectivity index (χ4v) is 5.39. The summed E-state index contributed by atoms with van der Waals surface area (Å²) in [6.07, 6.45) is 0.630. The molecule has 47 heavy (non-hydrogen) atoms. The van der Waals surface area contributed by atoms with Gasteiger partial charge in [-0.3, -0.25) is 0 Å². The summed E-state index contributed by atoms with van der Waals surface area (Å²) >= 11 is 0. The molecule has 4 aromatic carbocycles. The molecule has 0 N–H and O–H groups in total. The second kappa shape index (κ2) is 12.9. The Labute approximate surface area is 304 Å². The summed E-state index contributed by atoms with van der Waals surface area (Å²) in [5.41, 5.74) is 4.42. The largest absolute Gasteiger partial charge is 0.501 e. The van der Waals surface area contributed by atoms with Gasteiger partial charge in [0.15, 0.2) is 0 Å². The second-order valence-corrected chi connectivity index (χ2v) is 12.1. The number of hydrogen-bond acceptors (Lipinski definition) is 4. The maximum atomic E-state index is 8.83. The van der Waals surface area contributed by atoms with Crippen LogP contribution in [0, 0.1) is 38.1 Å². The van der Waals surface area contributed by atoms with Crippen LogP contribution in [0.5, 0.6) is 0 Å². The van der Waals surface area contributed by atoms with Gasteiger partial charge in [-0.25, -0.2) is 0 Å². The summed E-state index contributed by atoms with van der Waals surface area (Å²) in [5, 5.41) is 3.67. The predicted molar refractivity (Wildman–Crippen MR) is 189 cm³/mol. The Bertz CT molecular complexity index is 2700. The predicted octanol–water partition coefficient (Wildman–Crippen LogP) is 11.4. The van der Waals surface area contributed by atoms with E-state index in [0.29, 0.717) is 33.7 Å². The molecule has 0 atom stereocenters. The minimum atomic E-state index is -2.51. The third kappa shape index (κ3) is 6.65. The Balaban J connectivity index is 0.000000230. The average molecular weight is 804 g/mol. The number of furan rings is 2. The third-order valence-corrected chi connectivity index (χ3v) is 7.45. The SMILES string of the molecule is [2H]C([2H])([2H])c1c[c-]c(-c2ccc(C([2H])([2H])[2H])cn2)cc1.[2H]C([2H])([2H])c1cnc(-c2[c-]ccc3c2oc2cc4c(cc23)oc2ccccc24)cc1C([2H])([2H])C(C)(C)C.[Ir]. The van der Waals surface area contributed by atoms with Gasteiger partial charge in [-0.15, -0.1) is 53.6 Å². The van der Waals surface area contributed by atoms with E-state index < -0.39 is 32.3 Å². The van der Waals surface area contributed by atoms with Crippen LogP contribution in [0.2, 0.25) is 0 Å². The van der Waals surface area contributed by atoms with Gasteiger partial charge in [-0.05, 0) is 66.2 Å². The van der Waals surface area contributed by atoms with Crippen molar-refractivity contribution in [2.45, 2.75) is 47.7 Å². The molecule has 1 radical (unpaired) electrons. The quantitative estimate of drug-likeness (QED) is 0.167. The van der Waals surface area contributed by atoms with E-state index >= 15 is 0 Å². The summed E-state index contributed by atoms with van der Waals surface area (Å²) in [6, 6.07) is 30.6. The van der Waals surface area contributed by atoms with Gasteiger partial charge in [0.1, 0.15) is 16.7 Å². The van der Waals surface area contributed by atoms with Crippen LogP contribution >= 0.6 is 0 Å². The molecule has 4 aromatic heterocycles. The smallest absolute Gasteiger partial charge is 0.136 e. The van der Waals surface area contributed by atoms with Gasteiger partial charge in [-0.2, -0.15) is 0 Å². The number of nitrogens with zero attached hydrogens (tertiary/aromatic N) is 2. The van der Waals surface area contributed by atoms with E-state index in [2.05, 4.69) is 22.1 Å². The Kier molecular flexibility index (Phi) is 5.86. The van der Waals surface area contributed by atoms with E-state index in [4.69, 9.17) is 23.9 Å². The molecule has 0 aliphatic carbocycles. The van der Waals surface area contributed by atoms with E-state index in [1.807, 2.05) is 42.5 Å². The van der Waals surface area contributed by atoms with Crippen LogP contribution in [0.25, 0.3) is 66.4 Å². The van der Waals surface area contributed by atoms with E-state index in [9.17, 15) is 0 Å². The summed E-state index contributed by atoms with van der Waals surface area (Å²) in [4.78, 5) is 8.52. The number of fused-ring (bicyclic) bond motifs is 6. The van der Waals surface area contributed by atoms with Crippen LogP contribution in [0.4, 0.5) is 0 Å². The molecule has 4 nitrogen and oxygen atoms in total. The number of pyridine rings is 2. The molecule has 0 saturated carbocycles. The molecule has 0 bridgehead atoms. The zero-order valence-electron chi connectivity index (χ0n) is 36.8. The van der Waals surface area contributed by atoms with Crippen molar-refractivity contribution in [3.63, 3.8) is 0 Å². The van der Waals surface area contributed by atoms with Crippen molar-refractivity contribution in [2.75, 3.05) is 0 Å². The molecule has 0 aliphatic heterocycles. The maximum absolute atomic E-state index is 8.83. The average Bonchev–Trinajstić information content (AvgIpc) is 3.70. The normalized spacial score (nSPS) is 16.1. The number of hydrogen-bond donors (Lipinski definition) is 0. The Morgan fingerprint density at radius 3 is 2.21 bits per heavy atom. The van der Waals surface area contributed by atoms with Crippen molar-refractivity contribution in [1.82, 2.24) is 9.97 Å². The number of benzene rings is 4. The van der Waals surface area contributed by atoms with Gasteiger partial charge in [0, 0.05) is 63.7 Å². The first-order valence-electron chi connectivity index (χ1n) is 20.2. The van der Waals surface area contributed by atoms with E-state index in [1.54, 1.807) is 39.0 Å². The molecular weight excluding hydrogens is 757 g/mol. The van der Waals surface area contributed by atoms with Crippen molar-refractivity contribution < 1.29 is 44.0 Å².